The number of hydrogen-bond acceptors (Lipinski definition) is 3. The van der Waals surface area contributed by atoms with Crippen LogP contribution in [0, 0.1) is 0 Å². The molecule has 14 heavy (non-hydrogen) atoms. The van der Waals surface area contributed by atoms with E-state index in [1.807, 2.05) is 6.20 Å². The number of unbranched alkanes of at least 4 members (excludes halogenated alkanes) is 2. The lowest BCUT2D eigenvalue weighted by atomic mass is 10.3. The second-order valence-corrected chi connectivity index (χ2v) is 3.36. The monoisotopic (exact) mass is 197 g/mol. The molecule has 1 aromatic rings. The van der Waals surface area contributed by atoms with Crippen LogP contribution < -0.4 is 5.73 Å². The third-order valence-electron chi connectivity index (χ3n) is 2.01. The van der Waals surface area contributed by atoms with Gasteiger partial charge in [-0.05, 0) is 6.42 Å². The highest BCUT2D eigenvalue weighted by atomic mass is 16.5. The number of hydrogen-bond donors (Lipinski definition) is 1. The summed E-state index contributed by atoms with van der Waals surface area (Å²) in [7, 11) is 0. The molecular formula is C10H19N3O. The zero-order valence-electron chi connectivity index (χ0n) is 8.78. The molecule has 0 unspecified atom stereocenters. The molecule has 4 nitrogen and oxygen atoms in total. The third-order valence-corrected chi connectivity index (χ3v) is 2.01. The smallest absolute Gasteiger partial charge is 0.0719 e. The summed E-state index contributed by atoms with van der Waals surface area (Å²) >= 11 is 0. The van der Waals surface area contributed by atoms with Crippen molar-refractivity contribution >= 4 is 5.69 Å². The highest BCUT2D eigenvalue weighted by molar-refractivity contribution is 5.30. The number of aromatic nitrogens is 2. The van der Waals surface area contributed by atoms with Gasteiger partial charge in [0.05, 0.1) is 25.0 Å². The van der Waals surface area contributed by atoms with E-state index in [1.165, 1.54) is 12.8 Å². The molecule has 0 atom stereocenters. The van der Waals surface area contributed by atoms with Crippen molar-refractivity contribution in [1.29, 1.82) is 0 Å². The number of nitrogens with zero attached hydrogens (tertiary/aromatic N) is 2. The minimum atomic E-state index is 0.705. The summed E-state index contributed by atoms with van der Waals surface area (Å²) < 4.78 is 7.25. The normalized spacial score (nSPS) is 10.6. The largest absolute Gasteiger partial charge is 0.396 e. The van der Waals surface area contributed by atoms with Crippen molar-refractivity contribution in [1.82, 2.24) is 9.78 Å². The Labute approximate surface area is 85.0 Å². The number of nitrogens with two attached hydrogens (primary N) is 1. The van der Waals surface area contributed by atoms with Crippen molar-refractivity contribution in [3.8, 4) is 0 Å². The van der Waals surface area contributed by atoms with Gasteiger partial charge in [-0.3, -0.25) is 4.68 Å². The van der Waals surface area contributed by atoms with Crippen LogP contribution in [0.25, 0.3) is 0 Å². The molecule has 0 bridgehead atoms. The Morgan fingerprint density at radius 1 is 1.43 bits per heavy atom. The number of ether oxygens (including phenoxy) is 1. The molecule has 2 N–H and O–H groups in total. The molecule has 80 valence electrons. The molecule has 0 amide bonds. The maximum atomic E-state index is 5.52. The second kappa shape index (κ2) is 6.43. The quantitative estimate of drug-likeness (QED) is 0.676. The highest BCUT2D eigenvalue weighted by Crippen LogP contribution is 1.98. The maximum absolute atomic E-state index is 5.52. The number of anilines is 1. The summed E-state index contributed by atoms with van der Waals surface area (Å²) in [5.41, 5.74) is 6.23. The Morgan fingerprint density at radius 3 is 2.93 bits per heavy atom. The SMILES string of the molecule is CCCCCOCCn1cc(N)cn1. The van der Waals surface area contributed by atoms with E-state index in [4.69, 9.17) is 10.5 Å². The van der Waals surface area contributed by atoms with Crippen LogP contribution in [0.3, 0.4) is 0 Å². The molecule has 4 heteroatoms. The molecule has 1 rings (SSSR count). The molecule has 0 saturated heterocycles. The predicted octanol–water partition coefficient (Wildman–Crippen LogP) is 1.67. The van der Waals surface area contributed by atoms with Crippen molar-refractivity contribution in [2.45, 2.75) is 32.7 Å². The van der Waals surface area contributed by atoms with Crippen molar-refractivity contribution in [2.24, 2.45) is 0 Å². The Hall–Kier alpha value is -1.03. The van der Waals surface area contributed by atoms with Crippen LogP contribution in [-0.4, -0.2) is 23.0 Å². The van der Waals surface area contributed by atoms with E-state index < -0.39 is 0 Å². The Bertz CT molecular complexity index is 247. The summed E-state index contributed by atoms with van der Waals surface area (Å²) in [5.74, 6) is 0. The van der Waals surface area contributed by atoms with E-state index in [1.54, 1.807) is 10.9 Å². The van der Waals surface area contributed by atoms with Gasteiger partial charge in [0.2, 0.25) is 0 Å². The van der Waals surface area contributed by atoms with Gasteiger partial charge in [0.25, 0.3) is 0 Å². The van der Waals surface area contributed by atoms with Crippen molar-refractivity contribution in [2.75, 3.05) is 18.9 Å². The predicted molar refractivity (Wildman–Crippen MR) is 57.0 cm³/mol. The molecule has 0 aromatic carbocycles. The van der Waals surface area contributed by atoms with Crippen LogP contribution in [0.2, 0.25) is 0 Å². The van der Waals surface area contributed by atoms with Gasteiger partial charge in [0, 0.05) is 12.8 Å². The van der Waals surface area contributed by atoms with Crippen LogP contribution in [0.4, 0.5) is 5.69 Å². The lowest BCUT2D eigenvalue weighted by Gasteiger charge is -2.03. The van der Waals surface area contributed by atoms with Gasteiger partial charge in [0.15, 0.2) is 0 Å². The standard InChI is InChI=1S/C10H19N3O/c1-2-3-4-6-14-7-5-13-9-10(11)8-12-13/h8-9H,2-7,11H2,1H3. The number of nitrogen functional groups attached to an aromatic ring is 1. The van der Waals surface area contributed by atoms with E-state index in [2.05, 4.69) is 12.0 Å². The van der Waals surface area contributed by atoms with Crippen molar-refractivity contribution < 1.29 is 4.74 Å². The van der Waals surface area contributed by atoms with Crippen LogP contribution in [-0.2, 0) is 11.3 Å². The van der Waals surface area contributed by atoms with Crippen LogP contribution in [0.1, 0.15) is 26.2 Å². The van der Waals surface area contributed by atoms with Crippen molar-refractivity contribution in [3.63, 3.8) is 0 Å². The highest BCUT2D eigenvalue weighted by Gasteiger charge is 1.94. The molecule has 1 aromatic heterocycles. The van der Waals surface area contributed by atoms with Gasteiger partial charge >= 0.3 is 0 Å². The summed E-state index contributed by atoms with van der Waals surface area (Å²) in [5, 5.41) is 4.06. The van der Waals surface area contributed by atoms with E-state index >= 15 is 0 Å². The molecule has 0 spiro atoms. The Balaban J connectivity index is 1.99. The molecule has 0 radical (unpaired) electrons. The average molecular weight is 197 g/mol. The molecule has 0 aliphatic heterocycles. The van der Waals surface area contributed by atoms with Gasteiger partial charge < -0.3 is 10.5 Å². The Kier molecular flexibility index (Phi) is 5.07. The van der Waals surface area contributed by atoms with E-state index in [9.17, 15) is 0 Å². The second-order valence-electron chi connectivity index (χ2n) is 3.36. The van der Waals surface area contributed by atoms with Crippen LogP contribution >= 0.6 is 0 Å². The summed E-state index contributed by atoms with van der Waals surface area (Å²) in [6.45, 7) is 4.53. The maximum Gasteiger partial charge on any atom is 0.0719 e. The van der Waals surface area contributed by atoms with E-state index in [0.717, 1.165) is 19.6 Å². The summed E-state index contributed by atoms with van der Waals surface area (Å²) in [4.78, 5) is 0. The fraction of sp³-hybridized carbons (Fsp3) is 0.700. The minimum Gasteiger partial charge on any atom is -0.396 e. The van der Waals surface area contributed by atoms with Gasteiger partial charge in [-0.25, -0.2) is 0 Å². The first-order valence-corrected chi connectivity index (χ1v) is 5.18. The van der Waals surface area contributed by atoms with Crippen LogP contribution in [0.15, 0.2) is 12.4 Å². The lowest BCUT2D eigenvalue weighted by molar-refractivity contribution is 0.120. The van der Waals surface area contributed by atoms with Crippen molar-refractivity contribution in [3.05, 3.63) is 12.4 Å². The zero-order chi connectivity index (χ0) is 10.2. The number of rotatable bonds is 7. The fourth-order valence-corrected chi connectivity index (χ4v) is 1.22. The topological polar surface area (TPSA) is 53.1 Å². The molecule has 0 fully saturated rings. The first-order chi connectivity index (χ1) is 6.83. The fourth-order valence-electron chi connectivity index (χ4n) is 1.22. The minimum absolute atomic E-state index is 0.705. The molecule has 0 aliphatic carbocycles. The lowest BCUT2D eigenvalue weighted by Crippen LogP contribution is -2.07. The molecular weight excluding hydrogens is 178 g/mol. The van der Waals surface area contributed by atoms with E-state index in [0.29, 0.717) is 12.3 Å². The Morgan fingerprint density at radius 2 is 2.29 bits per heavy atom. The van der Waals surface area contributed by atoms with E-state index in [-0.39, 0.29) is 0 Å². The van der Waals surface area contributed by atoms with Gasteiger partial charge in [0.1, 0.15) is 0 Å². The van der Waals surface area contributed by atoms with Gasteiger partial charge in [-0.2, -0.15) is 5.10 Å². The molecule has 0 saturated carbocycles. The average Bonchev–Trinajstić information content (AvgIpc) is 2.58. The van der Waals surface area contributed by atoms with Crippen LogP contribution in [0.5, 0.6) is 0 Å². The first kappa shape index (κ1) is 11.0. The zero-order valence-corrected chi connectivity index (χ0v) is 8.78. The summed E-state index contributed by atoms with van der Waals surface area (Å²) in [6.07, 6.45) is 7.10. The summed E-state index contributed by atoms with van der Waals surface area (Å²) in [6, 6.07) is 0. The van der Waals surface area contributed by atoms with Gasteiger partial charge in [-0.1, -0.05) is 19.8 Å². The third kappa shape index (κ3) is 4.28. The first-order valence-electron chi connectivity index (χ1n) is 5.18. The molecule has 1 heterocycles. The van der Waals surface area contributed by atoms with Gasteiger partial charge in [-0.15, -0.1) is 0 Å². The molecule has 0 aliphatic rings.